The van der Waals surface area contributed by atoms with Crippen molar-refractivity contribution in [3.8, 4) is 0 Å². The zero-order valence-electron chi connectivity index (χ0n) is 7.36. The van der Waals surface area contributed by atoms with Crippen molar-refractivity contribution in [1.29, 1.82) is 0 Å². The summed E-state index contributed by atoms with van der Waals surface area (Å²) in [6.45, 7) is 0.418. The number of hydrogen-bond donors (Lipinski definition) is 1. The van der Waals surface area contributed by atoms with Gasteiger partial charge < -0.3 is 5.32 Å². The number of hydrogen-bond acceptors (Lipinski definition) is 3. The topological polar surface area (TPSA) is 42.0 Å². The van der Waals surface area contributed by atoms with E-state index in [1.807, 2.05) is 12.1 Å². The molecule has 0 spiro atoms. The third-order valence-electron chi connectivity index (χ3n) is 2.08. The Morgan fingerprint density at radius 2 is 2.38 bits per heavy atom. The lowest BCUT2D eigenvalue weighted by molar-refractivity contribution is 0.0986. The summed E-state index contributed by atoms with van der Waals surface area (Å²) in [5.74, 6) is 0.0764. The van der Waals surface area contributed by atoms with Crippen LogP contribution in [0.25, 0.3) is 0 Å². The molecule has 1 aliphatic rings. The van der Waals surface area contributed by atoms with Crippen LogP contribution in [-0.4, -0.2) is 23.4 Å². The van der Waals surface area contributed by atoms with Gasteiger partial charge in [0.2, 0.25) is 0 Å². The Labute approximate surface area is 77.2 Å². The first-order chi connectivity index (χ1) is 6.36. The lowest BCUT2D eigenvalue weighted by Gasteiger charge is -2.00. The number of Topliss-reactive ketones (excluding diaryl/α,β-unsaturated/α-hetero) is 1. The molecule has 1 aliphatic carbocycles. The van der Waals surface area contributed by atoms with Crippen molar-refractivity contribution in [2.24, 2.45) is 0 Å². The average Bonchev–Trinajstić information content (AvgIpc) is 2.99. The molecule has 0 saturated heterocycles. The van der Waals surface area contributed by atoms with Gasteiger partial charge in [0.25, 0.3) is 0 Å². The van der Waals surface area contributed by atoms with Gasteiger partial charge in [-0.05, 0) is 25.0 Å². The monoisotopic (exact) mass is 176 g/mol. The summed E-state index contributed by atoms with van der Waals surface area (Å²) < 4.78 is 0. The van der Waals surface area contributed by atoms with Crippen molar-refractivity contribution >= 4 is 5.78 Å². The standard InChI is InChI=1S/C10H12N2O/c13-10(7-12-8-4-5-8)9-3-1-2-6-11-9/h1-3,6,8,12H,4-5,7H2. The summed E-state index contributed by atoms with van der Waals surface area (Å²) in [6, 6.07) is 5.96. The SMILES string of the molecule is O=C(CNC1CC1)c1ccccn1. The molecule has 68 valence electrons. The zero-order valence-corrected chi connectivity index (χ0v) is 7.36. The Hall–Kier alpha value is -1.22. The predicted molar refractivity (Wildman–Crippen MR) is 49.6 cm³/mol. The molecule has 0 atom stereocenters. The van der Waals surface area contributed by atoms with E-state index in [-0.39, 0.29) is 5.78 Å². The van der Waals surface area contributed by atoms with Gasteiger partial charge in [-0.15, -0.1) is 0 Å². The molecule has 2 rings (SSSR count). The predicted octanol–water partition coefficient (Wildman–Crippen LogP) is 1.02. The summed E-state index contributed by atoms with van der Waals surface area (Å²) in [4.78, 5) is 15.4. The molecular formula is C10H12N2O. The zero-order chi connectivity index (χ0) is 9.10. The lowest BCUT2D eigenvalue weighted by Crippen LogP contribution is -2.25. The van der Waals surface area contributed by atoms with Crippen molar-refractivity contribution in [2.45, 2.75) is 18.9 Å². The smallest absolute Gasteiger partial charge is 0.194 e. The van der Waals surface area contributed by atoms with Gasteiger partial charge in [-0.2, -0.15) is 0 Å². The van der Waals surface area contributed by atoms with Crippen LogP contribution in [0.1, 0.15) is 23.3 Å². The maximum Gasteiger partial charge on any atom is 0.194 e. The van der Waals surface area contributed by atoms with Crippen LogP contribution in [0.15, 0.2) is 24.4 Å². The van der Waals surface area contributed by atoms with Gasteiger partial charge in [-0.25, -0.2) is 0 Å². The van der Waals surface area contributed by atoms with Gasteiger partial charge >= 0.3 is 0 Å². The van der Waals surface area contributed by atoms with E-state index in [1.54, 1.807) is 12.3 Å². The molecular weight excluding hydrogens is 164 g/mol. The molecule has 0 bridgehead atoms. The van der Waals surface area contributed by atoms with Crippen molar-refractivity contribution in [3.05, 3.63) is 30.1 Å². The van der Waals surface area contributed by atoms with Crippen molar-refractivity contribution in [3.63, 3.8) is 0 Å². The molecule has 0 amide bonds. The molecule has 1 fully saturated rings. The maximum absolute atomic E-state index is 11.5. The van der Waals surface area contributed by atoms with Crippen LogP contribution in [0, 0.1) is 0 Å². The van der Waals surface area contributed by atoms with Gasteiger partial charge in [-0.1, -0.05) is 6.07 Å². The van der Waals surface area contributed by atoms with Crippen LogP contribution >= 0.6 is 0 Å². The summed E-state index contributed by atoms with van der Waals surface area (Å²) in [6.07, 6.45) is 4.05. The first-order valence-electron chi connectivity index (χ1n) is 4.54. The number of nitrogens with zero attached hydrogens (tertiary/aromatic N) is 1. The molecule has 0 unspecified atom stereocenters. The molecule has 3 nitrogen and oxygen atoms in total. The second-order valence-corrected chi connectivity index (χ2v) is 3.29. The van der Waals surface area contributed by atoms with Crippen LogP contribution in [0.3, 0.4) is 0 Å². The number of pyridine rings is 1. The fourth-order valence-corrected chi connectivity index (χ4v) is 1.14. The summed E-state index contributed by atoms with van der Waals surface area (Å²) >= 11 is 0. The third kappa shape index (κ3) is 2.36. The van der Waals surface area contributed by atoms with Crippen LogP contribution in [-0.2, 0) is 0 Å². The number of ketones is 1. The molecule has 0 radical (unpaired) electrons. The minimum atomic E-state index is 0.0764. The van der Waals surface area contributed by atoms with Gasteiger partial charge in [0.15, 0.2) is 5.78 Å². The van der Waals surface area contributed by atoms with Gasteiger partial charge in [0.1, 0.15) is 5.69 Å². The van der Waals surface area contributed by atoms with Crippen LogP contribution in [0.4, 0.5) is 0 Å². The molecule has 1 heterocycles. The molecule has 13 heavy (non-hydrogen) atoms. The summed E-state index contributed by atoms with van der Waals surface area (Å²) in [5, 5.41) is 3.17. The van der Waals surface area contributed by atoms with E-state index in [0.717, 1.165) is 0 Å². The molecule has 1 aromatic rings. The second-order valence-electron chi connectivity index (χ2n) is 3.29. The third-order valence-corrected chi connectivity index (χ3v) is 2.08. The number of carbonyl (C=O) groups is 1. The molecule has 1 aromatic heterocycles. The van der Waals surface area contributed by atoms with E-state index in [0.29, 0.717) is 18.3 Å². The van der Waals surface area contributed by atoms with E-state index in [1.165, 1.54) is 12.8 Å². The fourth-order valence-electron chi connectivity index (χ4n) is 1.14. The Morgan fingerprint density at radius 1 is 1.54 bits per heavy atom. The second kappa shape index (κ2) is 3.66. The Balaban J connectivity index is 1.89. The Bertz CT molecular complexity index is 293. The van der Waals surface area contributed by atoms with E-state index in [2.05, 4.69) is 10.3 Å². The fraction of sp³-hybridized carbons (Fsp3) is 0.400. The molecule has 0 aliphatic heterocycles. The van der Waals surface area contributed by atoms with Gasteiger partial charge in [0.05, 0.1) is 6.54 Å². The number of aromatic nitrogens is 1. The number of nitrogens with one attached hydrogen (secondary N) is 1. The largest absolute Gasteiger partial charge is 0.307 e. The van der Waals surface area contributed by atoms with E-state index >= 15 is 0 Å². The minimum Gasteiger partial charge on any atom is -0.307 e. The van der Waals surface area contributed by atoms with Gasteiger partial charge in [0, 0.05) is 12.2 Å². The molecule has 3 heteroatoms. The summed E-state index contributed by atoms with van der Waals surface area (Å²) in [5.41, 5.74) is 0.552. The lowest BCUT2D eigenvalue weighted by atomic mass is 10.2. The highest BCUT2D eigenvalue weighted by Gasteiger charge is 2.21. The van der Waals surface area contributed by atoms with Crippen molar-refractivity contribution < 1.29 is 4.79 Å². The van der Waals surface area contributed by atoms with E-state index < -0.39 is 0 Å². The van der Waals surface area contributed by atoms with E-state index in [4.69, 9.17) is 0 Å². The first-order valence-corrected chi connectivity index (χ1v) is 4.54. The average molecular weight is 176 g/mol. The number of carbonyl (C=O) groups excluding carboxylic acids is 1. The highest BCUT2D eigenvalue weighted by Crippen LogP contribution is 2.18. The maximum atomic E-state index is 11.5. The normalized spacial score (nSPS) is 15.7. The highest BCUT2D eigenvalue weighted by molar-refractivity contribution is 5.95. The Morgan fingerprint density at radius 3 is 3.00 bits per heavy atom. The van der Waals surface area contributed by atoms with Crippen molar-refractivity contribution in [1.82, 2.24) is 10.3 Å². The minimum absolute atomic E-state index is 0.0764. The van der Waals surface area contributed by atoms with Crippen LogP contribution in [0.5, 0.6) is 0 Å². The first kappa shape index (κ1) is 8.38. The molecule has 1 saturated carbocycles. The van der Waals surface area contributed by atoms with Gasteiger partial charge in [-0.3, -0.25) is 9.78 Å². The quantitative estimate of drug-likeness (QED) is 0.696. The Kier molecular flexibility index (Phi) is 2.36. The highest BCUT2D eigenvalue weighted by atomic mass is 16.1. The van der Waals surface area contributed by atoms with Crippen molar-refractivity contribution in [2.75, 3.05) is 6.54 Å². The number of rotatable bonds is 4. The van der Waals surface area contributed by atoms with Crippen LogP contribution < -0.4 is 5.32 Å². The molecule has 1 N–H and O–H groups in total. The summed E-state index contributed by atoms with van der Waals surface area (Å²) in [7, 11) is 0. The van der Waals surface area contributed by atoms with E-state index in [9.17, 15) is 4.79 Å². The molecule has 0 aromatic carbocycles. The van der Waals surface area contributed by atoms with Crippen LogP contribution in [0.2, 0.25) is 0 Å².